The van der Waals surface area contributed by atoms with Gasteiger partial charge in [-0.2, -0.15) is 11.8 Å². The van der Waals surface area contributed by atoms with E-state index in [0.29, 0.717) is 11.3 Å². The number of nitrogens with one attached hydrogen (secondary N) is 1. The zero-order chi connectivity index (χ0) is 12.8. The third-order valence-corrected chi connectivity index (χ3v) is 3.22. The first-order valence-electron chi connectivity index (χ1n) is 5.17. The van der Waals surface area contributed by atoms with Crippen LogP contribution in [0, 0.1) is 0 Å². The summed E-state index contributed by atoms with van der Waals surface area (Å²) in [5, 5.41) is 11.3. The molecule has 1 aromatic carbocycles. The molecule has 0 aliphatic carbocycles. The quantitative estimate of drug-likeness (QED) is 0.842. The number of carbonyl (C=O) groups is 2. The number of anilines is 1. The van der Waals surface area contributed by atoms with Crippen LogP contribution < -0.4 is 5.32 Å². The van der Waals surface area contributed by atoms with Crippen molar-refractivity contribution >= 4 is 29.3 Å². The van der Waals surface area contributed by atoms with E-state index in [-0.39, 0.29) is 17.6 Å². The highest BCUT2D eigenvalue weighted by molar-refractivity contribution is 7.99. The Hall–Kier alpha value is -1.49. The summed E-state index contributed by atoms with van der Waals surface area (Å²) in [4.78, 5) is 22.1. The zero-order valence-electron chi connectivity index (χ0n) is 9.77. The van der Waals surface area contributed by atoms with E-state index in [9.17, 15) is 9.59 Å². The smallest absolute Gasteiger partial charge is 0.307 e. The number of hydrogen-bond donors (Lipinski definition) is 2. The van der Waals surface area contributed by atoms with Crippen LogP contribution in [0.25, 0.3) is 0 Å². The lowest BCUT2D eigenvalue weighted by molar-refractivity contribution is -0.136. The second-order valence-electron chi connectivity index (χ2n) is 3.63. The van der Waals surface area contributed by atoms with Gasteiger partial charge in [0, 0.05) is 5.69 Å². The van der Waals surface area contributed by atoms with Gasteiger partial charge in [0.25, 0.3) is 0 Å². The molecule has 0 bridgehead atoms. The summed E-state index contributed by atoms with van der Waals surface area (Å²) in [6.45, 7) is 1.83. The van der Waals surface area contributed by atoms with Crippen LogP contribution in [0.15, 0.2) is 24.3 Å². The van der Waals surface area contributed by atoms with E-state index < -0.39 is 5.97 Å². The van der Waals surface area contributed by atoms with Crippen molar-refractivity contribution in [1.82, 2.24) is 0 Å². The molecule has 0 saturated heterocycles. The summed E-state index contributed by atoms with van der Waals surface area (Å²) in [5.41, 5.74) is 1.40. The van der Waals surface area contributed by atoms with Crippen LogP contribution in [0.4, 0.5) is 5.69 Å². The molecule has 2 N–H and O–H groups in total. The first-order valence-corrected chi connectivity index (χ1v) is 6.46. The molecule has 0 radical (unpaired) electrons. The minimum atomic E-state index is -0.863. The predicted molar refractivity (Wildman–Crippen MR) is 69.4 cm³/mol. The maximum absolute atomic E-state index is 11.6. The van der Waals surface area contributed by atoms with Gasteiger partial charge in [-0.3, -0.25) is 9.59 Å². The summed E-state index contributed by atoms with van der Waals surface area (Å²) in [6, 6.07) is 6.83. The highest BCUT2D eigenvalue weighted by atomic mass is 32.2. The number of amides is 1. The van der Waals surface area contributed by atoms with Gasteiger partial charge in [-0.05, 0) is 30.9 Å². The second kappa shape index (κ2) is 6.30. The number of carboxylic acids is 1. The van der Waals surface area contributed by atoms with Crippen LogP contribution >= 0.6 is 11.8 Å². The van der Waals surface area contributed by atoms with E-state index in [2.05, 4.69) is 5.32 Å². The van der Waals surface area contributed by atoms with Gasteiger partial charge in [0.1, 0.15) is 0 Å². The maximum Gasteiger partial charge on any atom is 0.307 e. The Kier molecular flexibility index (Phi) is 5.03. The fraction of sp³-hybridized carbons (Fsp3) is 0.333. The standard InChI is InChI=1S/C12H15NO3S/c1-8(17-2)12(16)13-10-5-3-9(4-6-10)7-11(14)15/h3-6,8H,7H2,1-2H3,(H,13,16)(H,14,15). The Balaban J connectivity index is 2.62. The molecule has 1 atom stereocenters. The SMILES string of the molecule is CSC(C)C(=O)Nc1ccc(CC(=O)O)cc1. The van der Waals surface area contributed by atoms with Gasteiger partial charge in [0.05, 0.1) is 11.7 Å². The van der Waals surface area contributed by atoms with Crippen LogP contribution in [-0.4, -0.2) is 28.5 Å². The minimum absolute atomic E-state index is 0.00452. The third-order valence-electron chi connectivity index (χ3n) is 2.30. The highest BCUT2D eigenvalue weighted by Crippen LogP contribution is 2.13. The van der Waals surface area contributed by atoms with Crippen LogP contribution in [0.5, 0.6) is 0 Å². The summed E-state index contributed by atoms with van der Waals surface area (Å²) >= 11 is 1.47. The second-order valence-corrected chi connectivity index (χ2v) is 4.81. The molecule has 1 amide bonds. The number of aliphatic carboxylic acids is 1. The van der Waals surface area contributed by atoms with Crippen molar-refractivity contribution < 1.29 is 14.7 Å². The van der Waals surface area contributed by atoms with Crippen molar-refractivity contribution in [3.8, 4) is 0 Å². The van der Waals surface area contributed by atoms with Gasteiger partial charge in [-0.15, -0.1) is 0 Å². The third kappa shape index (κ3) is 4.48. The van der Waals surface area contributed by atoms with Crippen LogP contribution in [0.2, 0.25) is 0 Å². The number of carboxylic acid groups (broad SMARTS) is 1. The highest BCUT2D eigenvalue weighted by Gasteiger charge is 2.10. The number of benzene rings is 1. The normalized spacial score (nSPS) is 11.9. The first-order chi connectivity index (χ1) is 8.02. The molecule has 5 heteroatoms. The molecule has 92 valence electrons. The molecule has 0 spiro atoms. The summed E-state index contributed by atoms with van der Waals surface area (Å²) in [6.07, 6.45) is 1.87. The van der Waals surface area contributed by atoms with Gasteiger partial charge < -0.3 is 10.4 Å². The monoisotopic (exact) mass is 253 g/mol. The van der Waals surface area contributed by atoms with Crippen molar-refractivity contribution in [2.75, 3.05) is 11.6 Å². The van der Waals surface area contributed by atoms with Crippen molar-refractivity contribution in [2.24, 2.45) is 0 Å². The fourth-order valence-corrected chi connectivity index (χ4v) is 1.50. The topological polar surface area (TPSA) is 66.4 Å². The van der Waals surface area contributed by atoms with E-state index in [1.807, 2.05) is 13.2 Å². The maximum atomic E-state index is 11.6. The summed E-state index contributed by atoms with van der Waals surface area (Å²) in [7, 11) is 0. The average Bonchev–Trinajstić information content (AvgIpc) is 2.30. The van der Waals surface area contributed by atoms with E-state index >= 15 is 0 Å². The predicted octanol–water partition coefficient (Wildman–Crippen LogP) is 2.00. The van der Waals surface area contributed by atoms with E-state index in [4.69, 9.17) is 5.11 Å². The molecule has 0 saturated carbocycles. The Labute approximate surface area is 104 Å². The fourth-order valence-electron chi connectivity index (χ4n) is 1.23. The molecule has 1 unspecified atom stereocenters. The molecule has 4 nitrogen and oxygen atoms in total. The number of thioether (sulfide) groups is 1. The zero-order valence-corrected chi connectivity index (χ0v) is 10.6. The molecular formula is C12H15NO3S. The molecule has 0 aliphatic heterocycles. The minimum Gasteiger partial charge on any atom is -0.481 e. The molecule has 0 aromatic heterocycles. The van der Waals surface area contributed by atoms with Crippen molar-refractivity contribution in [2.45, 2.75) is 18.6 Å². The Morgan fingerprint density at radius 1 is 1.35 bits per heavy atom. The number of carbonyl (C=O) groups excluding carboxylic acids is 1. The van der Waals surface area contributed by atoms with Crippen molar-refractivity contribution in [3.63, 3.8) is 0 Å². The van der Waals surface area contributed by atoms with Gasteiger partial charge in [0.15, 0.2) is 0 Å². The number of hydrogen-bond acceptors (Lipinski definition) is 3. The van der Waals surface area contributed by atoms with Gasteiger partial charge in [-0.1, -0.05) is 12.1 Å². The number of rotatable bonds is 5. The lowest BCUT2D eigenvalue weighted by Gasteiger charge is -2.09. The summed E-state index contributed by atoms with van der Waals surface area (Å²) < 4.78 is 0. The molecule has 0 heterocycles. The van der Waals surface area contributed by atoms with Gasteiger partial charge in [0.2, 0.25) is 5.91 Å². The lowest BCUT2D eigenvalue weighted by Crippen LogP contribution is -2.21. The molecule has 1 aromatic rings. The molecule has 0 fully saturated rings. The molecule has 0 aliphatic rings. The van der Waals surface area contributed by atoms with Crippen LogP contribution in [0.1, 0.15) is 12.5 Å². The Morgan fingerprint density at radius 3 is 2.41 bits per heavy atom. The van der Waals surface area contributed by atoms with Crippen molar-refractivity contribution in [1.29, 1.82) is 0 Å². The molecular weight excluding hydrogens is 238 g/mol. The molecule has 17 heavy (non-hydrogen) atoms. The largest absolute Gasteiger partial charge is 0.481 e. The van der Waals surface area contributed by atoms with Gasteiger partial charge >= 0.3 is 5.97 Å². The Morgan fingerprint density at radius 2 is 1.94 bits per heavy atom. The van der Waals surface area contributed by atoms with E-state index in [1.165, 1.54) is 11.8 Å². The van der Waals surface area contributed by atoms with E-state index in [0.717, 1.165) is 0 Å². The average molecular weight is 253 g/mol. The summed E-state index contributed by atoms with van der Waals surface area (Å²) in [5.74, 6) is -0.915. The van der Waals surface area contributed by atoms with Gasteiger partial charge in [-0.25, -0.2) is 0 Å². The molecule has 1 rings (SSSR count). The lowest BCUT2D eigenvalue weighted by atomic mass is 10.1. The van der Waals surface area contributed by atoms with Crippen LogP contribution in [-0.2, 0) is 16.0 Å². The Bertz CT molecular complexity index is 403. The first kappa shape index (κ1) is 13.6. The van der Waals surface area contributed by atoms with E-state index in [1.54, 1.807) is 24.3 Å². The van der Waals surface area contributed by atoms with Crippen molar-refractivity contribution in [3.05, 3.63) is 29.8 Å². The van der Waals surface area contributed by atoms with Crippen LogP contribution in [0.3, 0.4) is 0 Å².